The fourth-order valence-electron chi connectivity index (χ4n) is 2.78. The lowest BCUT2D eigenvalue weighted by atomic mass is 10.1. The number of hydrogen-bond donors (Lipinski definition) is 1. The molecule has 0 aliphatic carbocycles. The third-order valence-electron chi connectivity index (χ3n) is 4.38. The Bertz CT molecular complexity index is 1230. The van der Waals surface area contributed by atoms with E-state index in [-0.39, 0.29) is 12.2 Å². The van der Waals surface area contributed by atoms with Crippen molar-refractivity contribution in [2.75, 3.05) is 11.9 Å². The third kappa shape index (κ3) is 6.21. The van der Waals surface area contributed by atoms with Gasteiger partial charge in [0.15, 0.2) is 5.13 Å². The van der Waals surface area contributed by atoms with Gasteiger partial charge in [-0.3, -0.25) is 10.1 Å². The summed E-state index contributed by atoms with van der Waals surface area (Å²) in [6, 6.07) is 12.8. The number of hydrogen-bond acceptors (Lipinski definition) is 5. The van der Waals surface area contributed by atoms with Crippen LogP contribution in [-0.2, 0) is 11.2 Å². The first kappa shape index (κ1) is 23.6. The van der Waals surface area contributed by atoms with Gasteiger partial charge in [0.1, 0.15) is 24.0 Å². The first-order chi connectivity index (χ1) is 15.4. The van der Waals surface area contributed by atoms with E-state index in [4.69, 9.17) is 27.9 Å². The number of amides is 1. The first-order valence-corrected chi connectivity index (χ1v) is 11.1. The number of carbonyl (C=O) groups excluding carboxylic acids is 1. The Morgan fingerprint density at radius 3 is 2.84 bits per heavy atom. The zero-order chi connectivity index (χ0) is 23.1. The Labute approximate surface area is 200 Å². The summed E-state index contributed by atoms with van der Waals surface area (Å²) in [6.45, 7) is 5.85. The molecule has 0 spiro atoms. The molecule has 32 heavy (non-hydrogen) atoms. The molecular weight excluding hydrogens is 465 g/mol. The van der Waals surface area contributed by atoms with Crippen LogP contribution in [0.3, 0.4) is 0 Å². The van der Waals surface area contributed by atoms with Gasteiger partial charge >= 0.3 is 0 Å². The van der Waals surface area contributed by atoms with Crippen molar-refractivity contribution in [3.63, 3.8) is 0 Å². The van der Waals surface area contributed by atoms with E-state index in [0.717, 1.165) is 16.0 Å². The van der Waals surface area contributed by atoms with E-state index in [1.807, 2.05) is 31.2 Å². The highest BCUT2D eigenvalue weighted by atomic mass is 35.5. The SMILES string of the molecule is C=CCOc1ccc(Cl)cc1/C=C(\C#N)C(=O)Nc1ncc(Cc2ccc(C)c(Cl)c2)s1. The van der Waals surface area contributed by atoms with Crippen LogP contribution in [0, 0.1) is 18.3 Å². The lowest BCUT2D eigenvalue weighted by Gasteiger charge is -2.08. The number of halogens is 2. The van der Waals surface area contributed by atoms with Crippen molar-refractivity contribution in [1.29, 1.82) is 5.26 Å². The van der Waals surface area contributed by atoms with Crippen molar-refractivity contribution in [1.82, 2.24) is 4.98 Å². The summed E-state index contributed by atoms with van der Waals surface area (Å²) in [6.07, 6.45) is 5.37. The average molecular weight is 484 g/mol. The lowest BCUT2D eigenvalue weighted by Crippen LogP contribution is -2.13. The molecule has 5 nitrogen and oxygen atoms in total. The molecule has 0 atom stereocenters. The summed E-state index contributed by atoms with van der Waals surface area (Å²) >= 11 is 13.6. The van der Waals surface area contributed by atoms with Crippen molar-refractivity contribution < 1.29 is 9.53 Å². The molecule has 1 amide bonds. The van der Waals surface area contributed by atoms with Gasteiger partial charge in [0.25, 0.3) is 5.91 Å². The maximum atomic E-state index is 12.7. The molecule has 0 bridgehead atoms. The van der Waals surface area contributed by atoms with Crippen LogP contribution in [0.4, 0.5) is 5.13 Å². The predicted octanol–water partition coefficient (Wildman–Crippen LogP) is 6.46. The number of ether oxygens (including phenoxy) is 1. The van der Waals surface area contributed by atoms with Gasteiger partial charge in [-0.15, -0.1) is 11.3 Å². The molecule has 0 aliphatic heterocycles. The van der Waals surface area contributed by atoms with Crippen LogP contribution in [-0.4, -0.2) is 17.5 Å². The van der Waals surface area contributed by atoms with Crippen molar-refractivity contribution in [2.45, 2.75) is 13.3 Å². The second-order valence-corrected chi connectivity index (χ2v) is 8.76. The number of benzene rings is 2. The van der Waals surface area contributed by atoms with E-state index in [2.05, 4.69) is 16.9 Å². The van der Waals surface area contributed by atoms with Crippen LogP contribution in [0.2, 0.25) is 10.0 Å². The van der Waals surface area contributed by atoms with Gasteiger partial charge < -0.3 is 4.74 Å². The first-order valence-electron chi connectivity index (χ1n) is 9.55. The molecule has 2 aromatic carbocycles. The fraction of sp³-hybridized carbons (Fsp3) is 0.125. The van der Waals surface area contributed by atoms with Crippen molar-refractivity contribution in [2.24, 2.45) is 0 Å². The Kier molecular flexibility index (Phi) is 8.07. The standard InChI is InChI=1S/C24H19Cl2N3O2S/c1-3-8-31-22-7-6-19(25)12-17(22)11-18(13-27)23(30)29-24-28-14-20(32-24)9-16-5-4-15(2)21(26)10-16/h3-7,10-12,14H,1,8-9H2,2H3,(H,28,29,30)/b18-11+. The molecule has 1 heterocycles. The number of rotatable bonds is 8. The zero-order valence-electron chi connectivity index (χ0n) is 17.2. The molecule has 0 aliphatic rings. The van der Waals surface area contributed by atoms with Crippen LogP contribution in [0.5, 0.6) is 5.75 Å². The van der Waals surface area contributed by atoms with E-state index in [1.165, 1.54) is 17.4 Å². The third-order valence-corrected chi connectivity index (χ3v) is 5.94. The lowest BCUT2D eigenvalue weighted by molar-refractivity contribution is -0.112. The van der Waals surface area contributed by atoms with Crippen LogP contribution in [0.15, 0.2) is 60.8 Å². The highest BCUT2D eigenvalue weighted by molar-refractivity contribution is 7.15. The molecule has 1 N–H and O–H groups in total. The van der Waals surface area contributed by atoms with Crippen molar-refractivity contribution in [3.8, 4) is 11.8 Å². The Morgan fingerprint density at radius 2 is 2.12 bits per heavy atom. The number of carbonyl (C=O) groups is 1. The minimum atomic E-state index is -0.568. The highest BCUT2D eigenvalue weighted by Gasteiger charge is 2.14. The molecule has 1 aromatic heterocycles. The molecule has 3 rings (SSSR count). The van der Waals surface area contributed by atoms with Gasteiger partial charge in [-0.05, 0) is 48.4 Å². The minimum Gasteiger partial charge on any atom is -0.489 e. The Balaban J connectivity index is 1.75. The van der Waals surface area contributed by atoms with Gasteiger partial charge in [0.2, 0.25) is 0 Å². The van der Waals surface area contributed by atoms with Gasteiger partial charge in [-0.25, -0.2) is 4.98 Å². The summed E-state index contributed by atoms with van der Waals surface area (Å²) in [5, 5.41) is 13.8. The summed E-state index contributed by atoms with van der Waals surface area (Å²) in [7, 11) is 0. The average Bonchev–Trinajstić information content (AvgIpc) is 3.20. The molecule has 8 heteroatoms. The molecular formula is C24H19Cl2N3O2S. The van der Waals surface area contributed by atoms with Crippen LogP contribution in [0.1, 0.15) is 21.6 Å². The maximum absolute atomic E-state index is 12.7. The number of nitrogens with one attached hydrogen (secondary N) is 1. The largest absolute Gasteiger partial charge is 0.489 e. The molecule has 0 radical (unpaired) electrons. The summed E-state index contributed by atoms with van der Waals surface area (Å²) in [5.74, 6) is -0.0791. The van der Waals surface area contributed by atoms with Gasteiger partial charge in [-0.1, -0.05) is 48.0 Å². The van der Waals surface area contributed by atoms with Crippen molar-refractivity contribution >= 4 is 51.7 Å². The minimum absolute atomic E-state index is 0.0993. The molecule has 3 aromatic rings. The molecule has 0 saturated carbocycles. The zero-order valence-corrected chi connectivity index (χ0v) is 19.5. The van der Waals surface area contributed by atoms with Crippen LogP contribution >= 0.6 is 34.5 Å². The number of anilines is 1. The topological polar surface area (TPSA) is 75.0 Å². The fourth-order valence-corrected chi connectivity index (χ4v) is 4.00. The Morgan fingerprint density at radius 1 is 1.31 bits per heavy atom. The van der Waals surface area contributed by atoms with Crippen LogP contribution in [0.25, 0.3) is 6.08 Å². The van der Waals surface area contributed by atoms with E-state index in [1.54, 1.807) is 30.5 Å². The van der Waals surface area contributed by atoms with Gasteiger partial charge in [0.05, 0.1) is 0 Å². The molecule has 0 fully saturated rings. The number of nitriles is 1. The van der Waals surface area contributed by atoms with E-state index in [0.29, 0.717) is 32.9 Å². The molecule has 162 valence electrons. The summed E-state index contributed by atoms with van der Waals surface area (Å²) in [5.41, 5.74) is 2.48. The summed E-state index contributed by atoms with van der Waals surface area (Å²) < 4.78 is 5.58. The number of aryl methyl sites for hydroxylation is 1. The number of nitrogens with zero attached hydrogens (tertiary/aromatic N) is 2. The van der Waals surface area contributed by atoms with Gasteiger partial charge in [0, 0.05) is 33.1 Å². The summed E-state index contributed by atoms with van der Waals surface area (Å²) in [4.78, 5) is 17.9. The second kappa shape index (κ2) is 11.0. The smallest absolute Gasteiger partial charge is 0.268 e. The van der Waals surface area contributed by atoms with E-state index in [9.17, 15) is 10.1 Å². The monoisotopic (exact) mass is 483 g/mol. The highest BCUT2D eigenvalue weighted by Crippen LogP contribution is 2.27. The quantitative estimate of drug-likeness (QED) is 0.226. The van der Waals surface area contributed by atoms with Crippen LogP contribution < -0.4 is 10.1 Å². The van der Waals surface area contributed by atoms with E-state index < -0.39 is 5.91 Å². The van der Waals surface area contributed by atoms with Gasteiger partial charge in [-0.2, -0.15) is 5.26 Å². The molecule has 0 saturated heterocycles. The Hall–Kier alpha value is -3.11. The normalized spacial score (nSPS) is 11.0. The number of thiazole rings is 1. The van der Waals surface area contributed by atoms with Crippen molar-refractivity contribution in [3.05, 3.63) is 92.4 Å². The predicted molar refractivity (Wildman–Crippen MR) is 130 cm³/mol. The second-order valence-electron chi connectivity index (χ2n) is 6.80. The number of aromatic nitrogens is 1. The maximum Gasteiger partial charge on any atom is 0.268 e. The molecule has 0 unspecified atom stereocenters. The van der Waals surface area contributed by atoms with E-state index >= 15 is 0 Å².